The van der Waals surface area contributed by atoms with Gasteiger partial charge in [0.1, 0.15) is 5.76 Å². The van der Waals surface area contributed by atoms with E-state index < -0.39 is 5.97 Å². The number of aromatic nitrogens is 1. The number of ether oxygens (including phenoxy) is 1. The fourth-order valence-corrected chi connectivity index (χ4v) is 4.47. The number of hydrogen-bond donors (Lipinski definition) is 0. The van der Waals surface area contributed by atoms with Crippen molar-refractivity contribution in [2.75, 3.05) is 7.11 Å². The van der Waals surface area contributed by atoms with Crippen molar-refractivity contribution in [3.63, 3.8) is 0 Å². The first-order chi connectivity index (χ1) is 15.3. The molecule has 0 atom stereocenters. The molecule has 0 radical (unpaired) electrons. The Morgan fingerprint density at radius 1 is 1.16 bits per heavy atom. The molecule has 1 aromatic carbocycles. The van der Waals surface area contributed by atoms with Crippen LogP contribution in [0.25, 0.3) is 11.8 Å². The highest BCUT2D eigenvalue weighted by molar-refractivity contribution is 9.10. The van der Waals surface area contributed by atoms with Crippen molar-refractivity contribution in [3.8, 4) is 5.69 Å². The molecule has 6 nitrogen and oxygen atoms in total. The van der Waals surface area contributed by atoms with Crippen LogP contribution in [0.15, 0.2) is 74.5 Å². The molecule has 2 aromatic heterocycles. The Morgan fingerprint density at radius 3 is 2.59 bits per heavy atom. The third-order valence-electron chi connectivity index (χ3n) is 5.63. The SMILES string of the molecule is COC(=O)C1=C(C)N(Cc2ccco2)C(=O)/C1=C/c1cc(C)n(-c2cccc(Br)c2)c1C. The molecule has 1 amide bonds. The van der Waals surface area contributed by atoms with Gasteiger partial charge in [-0.1, -0.05) is 22.0 Å². The topological polar surface area (TPSA) is 64.7 Å². The maximum absolute atomic E-state index is 13.3. The molecular weight excluding hydrogens is 472 g/mol. The number of esters is 1. The van der Waals surface area contributed by atoms with E-state index in [4.69, 9.17) is 9.15 Å². The van der Waals surface area contributed by atoms with Gasteiger partial charge in [0.05, 0.1) is 31.1 Å². The molecule has 0 saturated heterocycles. The van der Waals surface area contributed by atoms with Gasteiger partial charge in [0, 0.05) is 27.2 Å². The molecule has 0 spiro atoms. The number of furan rings is 1. The van der Waals surface area contributed by atoms with Gasteiger partial charge in [0.2, 0.25) is 0 Å². The first-order valence-corrected chi connectivity index (χ1v) is 10.9. The third kappa shape index (κ3) is 3.84. The highest BCUT2D eigenvalue weighted by atomic mass is 79.9. The highest BCUT2D eigenvalue weighted by Crippen LogP contribution is 2.34. The number of allylic oxidation sites excluding steroid dienone is 1. The van der Waals surface area contributed by atoms with Crippen LogP contribution < -0.4 is 0 Å². The zero-order chi connectivity index (χ0) is 23.0. The van der Waals surface area contributed by atoms with E-state index in [1.165, 1.54) is 7.11 Å². The molecule has 1 aliphatic heterocycles. The minimum atomic E-state index is -0.537. The number of methoxy groups -OCH3 is 1. The van der Waals surface area contributed by atoms with Gasteiger partial charge < -0.3 is 18.6 Å². The van der Waals surface area contributed by atoms with Gasteiger partial charge >= 0.3 is 5.97 Å². The Bertz CT molecular complexity index is 1270. The van der Waals surface area contributed by atoms with Crippen LogP contribution in [-0.4, -0.2) is 28.5 Å². The molecule has 32 heavy (non-hydrogen) atoms. The van der Waals surface area contributed by atoms with Crippen molar-refractivity contribution in [1.82, 2.24) is 9.47 Å². The molecule has 3 aromatic rings. The second-order valence-electron chi connectivity index (χ2n) is 7.62. The fraction of sp³-hybridized carbons (Fsp3) is 0.200. The predicted octanol–water partition coefficient (Wildman–Crippen LogP) is 5.32. The third-order valence-corrected chi connectivity index (χ3v) is 6.12. The average Bonchev–Trinajstić information content (AvgIpc) is 3.43. The van der Waals surface area contributed by atoms with Crippen molar-refractivity contribution in [3.05, 3.63) is 92.8 Å². The predicted molar refractivity (Wildman–Crippen MR) is 125 cm³/mol. The Morgan fingerprint density at radius 2 is 1.94 bits per heavy atom. The van der Waals surface area contributed by atoms with Crippen LogP contribution in [-0.2, 0) is 20.9 Å². The molecule has 0 fully saturated rings. The number of aryl methyl sites for hydroxylation is 1. The van der Waals surface area contributed by atoms with Crippen molar-refractivity contribution in [1.29, 1.82) is 0 Å². The van der Waals surface area contributed by atoms with Gasteiger partial charge in [0.15, 0.2) is 0 Å². The molecule has 3 heterocycles. The fourth-order valence-electron chi connectivity index (χ4n) is 4.08. The zero-order valence-corrected chi connectivity index (χ0v) is 19.9. The number of nitrogens with zero attached hydrogens (tertiary/aromatic N) is 2. The molecule has 0 saturated carbocycles. The van der Waals surface area contributed by atoms with Crippen LogP contribution in [0.2, 0.25) is 0 Å². The van der Waals surface area contributed by atoms with Crippen LogP contribution in [0.5, 0.6) is 0 Å². The van der Waals surface area contributed by atoms with Crippen molar-refractivity contribution in [2.24, 2.45) is 0 Å². The molecule has 1 aliphatic rings. The number of benzene rings is 1. The van der Waals surface area contributed by atoms with E-state index in [2.05, 4.69) is 20.5 Å². The monoisotopic (exact) mass is 494 g/mol. The maximum atomic E-state index is 13.3. The number of hydrogen-bond acceptors (Lipinski definition) is 4. The van der Waals surface area contributed by atoms with E-state index >= 15 is 0 Å². The molecule has 4 rings (SSSR count). The number of carbonyl (C=O) groups is 2. The molecule has 164 valence electrons. The lowest BCUT2D eigenvalue weighted by molar-refractivity contribution is -0.136. The van der Waals surface area contributed by atoms with Gasteiger partial charge in [0.25, 0.3) is 5.91 Å². The van der Waals surface area contributed by atoms with E-state index in [1.54, 1.807) is 36.3 Å². The van der Waals surface area contributed by atoms with Crippen LogP contribution in [0.4, 0.5) is 0 Å². The molecular formula is C25H23BrN2O4. The summed E-state index contributed by atoms with van der Waals surface area (Å²) in [5.74, 6) is -0.160. The Kier molecular flexibility index (Phi) is 5.93. The normalized spacial score (nSPS) is 15.2. The van der Waals surface area contributed by atoms with E-state index in [9.17, 15) is 9.59 Å². The van der Waals surface area contributed by atoms with Crippen molar-refractivity contribution < 1.29 is 18.7 Å². The van der Waals surface area contributed by atoms with Gasteiger partial charge in [-0.3, -0.25) is 4.79 Å². The first-order valence-electron chi connectivity index (χ1n) is 10.1. The minimum absolute atomic E-state index is 0.243. The summed E-state index contributed by atoms with van der Waals surface area (Å²) >= 11 is 3.52. The summed E-state index contributed by atoms with van der Waals surface area (Å²) in [6.45, 7) is 6.00. The van der Waals surface area contributed by atoms with Crippen molar-refractivity contribution in [2.45, 2.75) is 27.3 Å². The highest BCUT2D eigenvalue weighted by Gasteiger charge is 2.37. The van der Waals surface area contributed by atoms with Crippen LogP contribution in [0, 0.1) is 13.8 Å². The molecule has 7 heteroatoms. The second-order valence-corrected chi connectivity index (χ2v) is 8.54. The summed E-state index contributed by atoms with van der Waals surface area (Å²) in [4.78, 5) is 27.5. The minimum Gasteiger partial charge on any atom is -0.467 e. The van der Waals surface area contributed by atoms with E-state index in [1.807, 2.05) is 44.2 Å². The smallest absolute Gasteiger partial charge is 0.340 e. The van der Waals surface area contributed by atoms with Crippen molar-refractivity contribution >= 4 is 33.9 Å². The Hall–Kier alpha value is -3.32. The number of halogens is 1. The number of carbonyl (C=O) groups excluding carboxylic acids is 2. The summed E-state index contributed by atoms with van der Waals surface area (Å²) in [6.07, 6.45) is 3.33. The molecule has 0 aliphatic carbocycles. The summed E-state index contributed by atoms with van der Waals surface area (Å²) < 4.78 is 13.5. The standard InChI is InChI=1S/C25H23BrN2O4/c1-15-11-18(16(2)28(15)20-8-5-7-19(26)13-20)12-22-23(25(30)31-4)17(3)27(24(22)29)14-21-9-6-10-32-21/h5-13H,14H2,1-4H3/b22-12+. The van der Waals surface area contributed by atoms with Crippen LogP contribution >= 0.6 is 15.9 Å². The lowest BCUT2D eigenvalue weighted by Crippen LogP contribution is -2.24. The molecule has 0 bridgehead atoms. The Balaban J connectivity index is 1.79. The van der Waals surface area contributed by atoms with Gasteiger partial charge in [-0.05, 0) is 68.8 Å². The van der Waals surface area contributed by atoms with Crippen LogP contribution in [0.3, 0.4) is 0 Å². The first kappa shape index (κ1) is 21.9. The molecule has 0 N–H and O–H groups in total. The van der Waals surface area contributed by atoms with E-state index in [-0.39, 0.29) is 18.0 Å². The number of amides is 1. The summed E-state index contributed by atoms with van der Waals surface area (Å²) in [7, 11) is 1.32. The van der Waals surface area contributed by atoms with E-state index in [0.29, 0.717) is 17.0 Å². The zero-order valence-electron chi connectivity index (χ0n) is 18.3. The summed E-state index contributed by atoms with van der Waals surface area (Å²) in [5, 5.41) is 0. The second kappa shape index (κ2) is 8.67. The average molecular weight is 495 g/mol. The number of rotatable bonds is 5. The van der Waals surface area contributed by atoms with E-state index in [0.717, 1.165) is 27.1 Å². The van der Waals surface area contributed by atoms with Crippen LogP contribution in [0.1, 0.15) is 29.6 Å². The molecule has 0 unspecified atom stereocenters. The van der Waals surface area contributed by atoms with Gasteiger partial charge in [-0.2, -0.15) is 0 Å². The summed E-state index contributed by atoms with van der Waals surface area (Å²) in [6, 6.07) is 13.6. The lowest BCUT2D eigenvalue weighted by atomic mass is 10.0. The van der Waals surface area contributed by atoms with Gasteiger partial charge in [-0.15, -0.1) is 0 Å². The lowest BCUT2D eigenvalue weighted by Gasteiger charge is -2.16. The summed E-state index contributed by atoms with van der Waals surface area (Å²) in [5.41, 5.74) is 4.99. The largest absolute Gasteiger partial charge is 0.467 e. The quantitative estimate of drug-likeness (QED) is 0.355. The van der Waals surface area contributed by atoms with Gasteiger partial charge in [-0.25, -0.2) is 4.79 Å². The Labute approximate surface area is 194 Å². The maximum Gasteiger partial charge on any atom is 0.340 e.